The van der Waals surface area contributed by atoms with Gasteiger partial charge in [-0.25, -0.2) is 4.79 Å². The van der Waals surface area contributed by atoms with E-state index in [9.17, 15) is 22.8 Å². The van der Waals surface area contributed by atoms with Crippen LogP contribution in [0.15, 0.2) is 73.1 Å². The van der Waals surface area contributed by atoms with Gasteiger partial charge in [0.05, 0.1) is 28.8 Å². The molecule has 2 aromatic heterocycles. The van der Waals surface area contributed by atoms with Gasteiger partial charge in [-0.2, -0.15) is 13.2 Å². The number of ketones is 1. The molecule has 202 valence electrons. The molecule has 0 spiro atoms. The van der Waals surface area contributed by atoms with Gasteiger partial charge in [-0.05, 0) is 38.0 Å². The molecule has 0 aliphatic heterocycles. The van der Waals surface area contributed by atoms with Gasteiger partial charge in [-0.3, -0.25) is 9.78 Å². The maximum atomic E-state index is 13.5. The van der Waals surface area contributed by atoms with E-state index in [0.717, 1.165) is 29.0 Å². The lowest BCUT2D eigenvalue weighted by atomic mass is 10.0. The number of carboxylic acid groups (broad SMARTS) is 1. The monoisotopic (exact) mass is 536 g/mol. The zero-order chi connectivity index (χ0) is 28.4. The van der Waals surface area contributed by atoms with Crippen LogP contribution in [0, 0.1) is 6.92 Å². The molecule has 2 aromatic carbocycles. The Balaban J connectivity index is 1.60. The van der Waals surface area contributed by atoms with Crippen LogP contribution in [0.4, 0.5) is 13.2 Å². The molecule has 0 bridgehead atoms. The van der Waals surface area contributed by atoms with Crippen LogP contribution in [0.1, 0.15) is 52.0 Å². The minimum atomic E-state index is -4.57. The molecule has 0 fully saturated rings. The Hall–Kier alpha value is -4.24. The number of halogens is 3. The van der Waals surface area contributed by atoms with Crippen molar-refractivity contribution in [1.82, 2.24) is 9.55 Å². The van der Waals surface area contributed by atoms with Crippen LogP contribution in [0.5, 0.6) is 0 Å². The third-order valence-corrected chi connectivity index (χ3v) is 6.30. The first-order chi connectivity index (χ1) is 18.3. The van der Waals surface area contributed by atoms with E-state index in [2.05, 4.69) is 4.98 Å². The summed E-state index contributed by atoms with van der Waals surface area (Å²) in [7, 11) is 0. The maximum absolute atomic E-state index is 13.5. The predicted octanol–water partition coefficient (Wildman–Crippen LogP) is 6.54. The van der Waals surface area contributed by atoms with Gasteiger partial charge in [0.1, 0.15) is 0 Å². The highest BCUT2D eigenvalue weighted by molar-refractivity contribution is 6.15. The highest BCUT2D eigenvalue weighted by Crippen LogP contribution is 2.32. The molecule has 4 rings (SSSR count). The lowest BCUT2D eigenvalue weighted by Gasteiger charge is -2.18. The second-order valence-corrected chi connectivity index (χ2v) is 9.73. The van der Waals surface area contributed by atoms with Gasteiger partial charge >= 0.3 is 12.1 Å². The number of carboxylic acids is 1. The molecule has 4 aromatic rings. The number of benzene rings is 2. The lowest BCUT2D eigenvalue weighted by molar-refractivity contribution is -0.159. The Morgan fingerprint density at radius 2 is 1.72 bits per heavy atom. The summed E-state index contributed by atoms with van der Waals surface area (Å²) in [6.45, 7) is 5.17. The SMILES string of the molecule is Cc1ccc(C(=O)c2cn(Cc3ccc(C=CCOC(C)(C)C(=O)O)cc3)c3cc(C(F)(F)F)cnc23)cc1. The molecule has 0 radical (unpaired) electrons. The minimum Gasteiger partial charge on any atom is -0.479 e. The number of aliphatic carboxylic acids is 1. The summed E-state index contributed by atoms with van der Waals surface area (Å²) in [5.74, 6) is -1.38. The van der Waals surface area contributed by atoms with E-state index in [1.54, 1.807) is 47.2 Å². The molecule has 0 saturated heterocycles. The molecule has 0 unspecified atom stereocenters. The topological polar surface area (TPSA) is 81.4 Å². The van der Waals surface area contributed by atoms with E-state index in [1.807, 2.05) is 31.2 Å². The molecule has 0 amide bonds. The van der Waals surface area contributed by atoms with E-state index >= 15 is 0 Å². The number of carbonyl (C=O) groups is 2. The zero-order valence-electron chi connectivity index (χ0n) is 21.6. The van der Waals surface area contributed by atoms with Crippen molar-refractivity contribution in [2.45, 2.75) is 39.1 Å². The summed E-state index contributed by atoms with van der Waals surface area (Å²) >= 11 is 0. The van der Waals surface area contributed by atoms with Crippen molar-refractivity contribution in [2.24, 2.45) is 0 Å². The molecule has 0 atom stereocenters. The summed E-state index contributed by atoms with van der Waals surface area (Å²) in [6.07, 6.45) is 1.21. The molecule has 0 aliphatic carbocycles. The normalized spacial score (nSPS) is 12.4. The first-order valence-electron chi connectivity index (χ1n) is 12.2. The summed E-state index contributed by atoms with van der Waals surface area (Å²) in [5.41, 5.74) is 1.51. The lowest BCUT2D eigenvalue weighted by Crippen LogP contribution is -2.34. The number of carbonyl (C=O) groups excluding carboxylic acids is 1. The second-order valence-electron chi connectivity index (χ2n) is 9.73. The highest BCUT2D eigenvalue weighted by atomic mass is 19.4. The van der Waals surface area contributed by atoms with Gasteiger partial charge in [0.15, 0.2) is 11.4 Å². The van der Waals surface area contributed by atoms with E-state index in [1.165, 1.54) is 13.8 Å². The number of aryl methyl sites for hydroxylation is 1. The van der Waals surface area contributed by atoms with Crippen LogP contribution in [-0.4, -0.2) is 38.6 Å². The van der Waals surface area contributed by atoms with Crippen molar-refractivity contribution < 1.29 is 32.6 Å². The number of fused-ring (bicyclic) bond motifs is 1. The van der Waals surface area contributed by atoms with Gasteiger partial charge in [0, 0.05) is 24.5 Å². The first-order valence-corrected chi connectivity index (χ1v) is 12.2. The number of nitrogens with zero attached hydrogens (tertiary/aromatic N) is 2. The summed E-state index contributed by atoms with van der Waals surface area (Å²) in [5, 5.41) is 9.10. The summed E-state index contributed by atoms with van der Waals surface area (Å²) in [4.78, 5) is 28.4. The molecule has 39 heavy (non-hydrogen) atoms. The van der Waals surface area contributed by atoms with Crippen molar-refractivity contribution in [2.75, 3.05) is 6.61 Å². The fourth-order valence-corrected chi connectivity index (χ4v) is 3.91. The third-order valence-electron chi connectivity index (χ3n) is 6.30. The average molecular weight is 537 g/mol. The van der Waals surface area contributed by atoms with Crippen molar-refractivity contribution in [3.8, 4) is 0 Å². The number of rotatable bonds is 9. The van der Waals surface area contributed by atoms with Crippen molar-refractivity contribution in [3.63, 3.8) is 0 Å². The molecule has 6 nitrogen and oxygen atoms in total. The second kappa shape index (κ2) is 10.9. The Bertz CT molecular complexity index is 1530. The van der Waals surface area contributed by atoms with Gasteiger partial charge in [-0.15, -0.1) is 0 Å². The standard InChI is InChI=1S/C30H27F3N2O4/c1-19-6-12-22(13-7-19)27(36)24-18-35(25-15-23(30(31,32)33)16-34-26(24)25)17-21-10-8-20(9-11-21)5-4-14-39-29(2,3)28(37)38/h4-13,15-16,18H,14,17H2,1-3H3,(H,37,38). The Labute approximate surface area is 223 Å². The van der Waals surface area contributed by atoms with E-state index < -0.39 is 23.3 Å². The molecule has 9 heteroatoms. The van der Waals surface area contributed by atoms with Crippen molar-refractivity contribution >= 4 is 28.9 Å². The molecule has 0 aliphatic rings. The Kier molecular flexibility index (Phi) is 7.74. The predicted molar refractivity (Wildman–Crippen MR) is 142 cm³/mol. The minimum absolute atomic E-state index is 0.114. The highest BCUT2D eigenvalue weighted by Gasteiger charge is 2.32. The molecule has 1 N–H and O–H groups in total. The first kappa shape index (κ1) is 27.8. The zero-order valence-corrected chi connectivity index (χ0v) is 21.6. The number of aromatic nitrogens is 2. The third kappa shape index (κ3) is 6.43. The van der Waals surface area contributed by atoms with Gasteiger partial charge in [-0.1, -0.05) is 66.2 Å². The molecule has 2 heterocycles. The number of ether oxygens (including phenoxy) is 1. The fraction of sp³-hybridized carbons (Fsp3) is 0.233. The van der Waals surface area contributed by atoms with Gasteiger partial charge in [0.2, 0.25) is 0 Å². The Morgan fingerprint density at radius 3 is 2.33 bits per heavy atom. The quantitative estimate of drug-likeness (QED) is 0.246. The number of alkyl halides is 3. The van der Waals surface area contributed by atoms with Crippen LogP contribution in [0.2, 0.25) is 0 Å². The van der Waals surface area contributed by atoms with Crippen LogP contribution in [0.25, 0.3) is 17.1 Å². The maximum Gasteiger partial charge on any atom is 0.417 e. The molecular weight excluding hydrogens is 509 g/mol. The van der Waals surface area contributed by atoms with E-state index in [0.29, 0.717) is 5.56 Å². The van der Waals surface area contributed by atoms with E-state index in [4.69, 9.17) is 9.84 Å². The average Bonchev–Trinajstić information content (AvgIpc) is 3.24. The number of hydrogen-bond donors (Lipinski definition) is 1. The van der Waals surface area contributed by atoms with Crippen molar-refractivity contribution in [1.29, 1.82) is 0 Å². The van der Waals surface area contributed by atoms with Crippen LogP contribution in [0.3, 0.4) is 0 Å². The van der Waals surface area contributed by atoms with Gasteiger partial charge < -0.3 is 14.4 Å². The largest absolute Gasteiger partial charge is 0.479 e. The van der Waals surface area contributed by atoms with Crippen LogP contribution >= 0.6 is 0 Å². The van der Waals surface area contributed by atoms with E-state index in [-0.39, 0.29) is 35.5 Å². The summed E-state index contributed by atoms with van der Waals surface area (Å²) < 4.78 is 47.3. The van der Waals surface area contributed by atoms with Crippen molar-refractivity contribution in [3.05, 3.63) is 106 Å². The molecular formula is C30H27F3N2O4. The summed E-state index contributed by atoms with van der Waals surface area (Å²) in [6, 6.07) is 15.3. The Morgan fingerprint density at radius 1 is 1.05 bits per heavy atom. The number of pyridine rings is 1. The van der Waals surface area contributed by atoms with Crippen LogP contribution < -0.4 is 0 Å². The smallest absolute Gasteiger partial charge is 0.417 e. The molecule has 0 saturated carbocycles. The fourth-order valence-electron chi connectivity index (χ4n) is 3.91. The van der Waals surface area contributed by atoms with Gasteiger partial charge in [0.25, 0.3) is 0 Å². The number of hydrogen-bond acceptors (Lipinski definition) is 4. The van der Waals surface area contributed by atoms with Crippen LogP contribution in [-0.2, 0) is 22.3 Å².